The van der Waals surface area contributed by atoms with Gasteiger partial charge in [-0.15, -0.1) is 11.3 Å². The van der Waals surface area contributed by atoms with Crippen LogP contribution in [0.2, 0.25) is 5.02 Å². The number of carbonyl (C=O) groups excluding carboxylic acids is 1. The minimum absolute atomic E-state index is 0.156. The molecule has 0 aliphatic rings. The Balaban J connectivity index is 1.73. The zero-order valence-electron chi connectivity index (χ0n) is 15.4. The molecule has 0 radical (unpaired) electrons. The quantitative estimate of drug-likeness (QED) is 0.227. The molecule has 2 aromatic carbocycles. The van der Waals surface area contributed by atoms with E-state index >= 15 is 0 Å². The monoisotopic (exact) mass is 434 g/mol. The first-order valence-corrected chi connectivity index (χ1v) is 9.46. The van der Waals surface area contributed by atoms with Crippen LogP contribution in [0.5, 0.6) is 17.2 Å². The number of thiazole rings is 1. The molecule has 0 aliphatic carbocycles. The van der Waals surface area contributed by atoms with Crippen molar-refractivity contribution in [2.24, 2.45) is 0 Å². The second-order valence-electron chi connectivity index (χ2n) is 5.75. The number of rotatable bonds is 7. The lowest BCUT2D eigenvalue weighted by molar-refractivity contribution is -0.385. The highest BCUT2D eigenvalue weighted by Crippen LogP contribution is 2.32. The van der Waals surface area contributed by atoms with E-state index in [9.17, 15) is 14.9 Å². The van der Waals surface area contributed by atoms with Crippen molar-refractivity contribution in [2.75, 3.05) is 7.11 Å². The van der Waals surface area contributed by atoms with Gasteiger partial charge in [0.05, 0.1) is 23.8 Å². The van der Waals surface area contributed by atoms with Gasteiger partial charge in [-0.1, -0.05) is 11.6 Å². The number of nitro groups is 1. The molecule has 0 fully saturated rings. The van der Waals surface area contributed by atoms with Crippen molar-refractivity contribution in [2.45, 2.75) is 13.5 Å². The highest BCUT2D eigenvalue weighted by Gasteiger charge is 2.23. The van der Waals surface area contributed by atoms with Gasteiger partial charge in [0, 0.05) is 5.02 Å². The molecule has 29 heavy (non-hydrogen) atoms. The standard InChI is InChI=1S/C19H15ClN2O6S/c1-11-18(29-17(21-11)10-27-13-5-3-12(20)4-6-13)19(23)28-16-8-7-14(26-2)9-15(16)22(24)25/h3-9H,10H2,1-2H3. The maximum absolute atomic E-state index is 12.5. The van der Waals surface area contributed by atoms with Gasteiger partial charge >= 0.3 is 11.7 Å². The van der Waals surface area contributed by atoms with Crippen LogP contribution in [0.25, 0.3) is 0 Å². The van der Waals surface area contributed by atoms with Crippen LogP contribution in [0.15, 0.2) is 42.5 Å². The molecule has 0 unspecified atom stereocenters. The van der Waals surface area contributed by atoms with Gasteiger partial charge in [-0.2, -0.15) is 0 Å². The van der Waals surface area contributed by atoms with Gasteiger partial charge in [-0.3, -0.25) is 10.1 Å². The zero-order valence-corrected chi connectivity index (χ0v) is 17.0. The molecule has 0 bridgehead atoms. The lowest BCUT2D eigenvalue weighted by Crippen LogP contribution is -2.09. The normalized spacial score (nSPS) is 10.4. The summed E-state index contributed by atoms with van der Waals surface area (Å²) in [7, 11) is 1.39. The van der Waals surface area contributed by atoms with Crippen molar-refractivity contribution < 1.29 is 23.9 Å². The van der Waals surface area contributed by atoms with Crippen LogP contribution in [-0.4, -0.2) is 23.0 Å². The van der Waals surface area contributed by atoms with E-state index in [4.69, 9.17) is 25.8 Å². The number of nitrogens with zero attached hydrogens (tertiary/aromatic N) is 2. The zero-order chi connectivity index (χ0) is 21.0. The summed E-state index contributed by atoms with van der Waals surface area (Å²) in [4.78, 5) is 27.7. The number of hydrogen-bond acceptors (Lipinski definition) is 8. The molecule has 0 saturated carbocycles. The number of aromatic nitrogens is 1. The average Bonchev–Trinajstić information content (AvgIpc) is 3.08. The molecule has 0 atom stereocenters. The highest BCUT2D eigenvalue weighted by molar-refractivity contribution is 7.13. The number of ether oxygens (including phenoxy) is 3. The van der Waals surface area contributed by atoms with Crippen LogP contribution in [0.3, 0.4) is 0 Å². The minimum Gasteiger partial charge on any atom is -0.496 e. The first-order chi connectivity index (χ1) is 13.9. The molecular weight excluding hydrogens is 420 g/mol. The van der Waals surface area contributed by atoms with Crippen LogP contribution >= 0.6 is 22.9 Å². The van der Waals surface area contributed by atoms with Gasteiger partial charge in [0.15, 0.2) is 0 Å². The summed E-state index contributed by atoms with van der Waals surface area (Å²) < 4.78 is 15.8. The fourth-order valence-corrected chi connectivity index (χ4v) is 3.36. The third-order valence-electron chi connectivity index (χ3n) is 3.77. The third kappa shape index (κ3) is 5.01. The predicted molar refractivity (Wildman–Crippen MR) is 107 cm³/mol. The van der Waals surface area contributed by atoms with E-state index in [0.717, 1.165) is 11.3 Å². The third-order valence-corrected chi connectivity index (χ3v) is 5.13. The minimum atomic E-state index is -0.731. The molecular formula is C19H15ClN2O6S. The Morgan fingerprint density at radius 2 is 1.90 bits per heavy atom. The first-order valence-electron chi connectivity index (χ1n) is 8.26. The summed E-state index contributed by atoms with van der Waals surface area (Å²) >= 11 is 6.94. The average molecular weight is 435 g/mol. The number of esters is 1. The predicted octanol–water partition coefficient (Wildman–Crippen LogP) is 4.82. The van der Waals surface area contributed by atoms with Gasteiger partial charge in [-0.25, -0.2) is 9.78 Å². The van der Waals surface area contributed by atoms with E-state index in [-0.39, 0.29) is 28.7 Å². The molecule has 0 saturated heterocycles. The summed E-state index contributed by atoms with van der Waals surface area (Å²) in [6.07, 6.45) is 0. The number of aryl methyl sites for hydroxylation is 1. The molecule has 3 aromatic rings. The number of methoxy groups -OCH3 is 1. The highest BCUT2D eigenvalue weighted by atomic mass is 35.5. The molecule has 150 valence electrons. The molecule has 0 aliphatic heterocycles. The van der Waals surface area contributed by atoms with Crippen molar-refractivity contribution in [3.63, 3.8) is 0 Å². The van der Waals surface area contributed by atoms with Gasteiger partial charge in [0.1, 0.15) is 28.0 Å². The second-order valence-corrected chi connectivity index (χ2v) is 7.27. The summed E-state index contributed by atoms with van der Waals surface area (Å²) in [5.41, 5.74) is 0.0806. The Kier molecular flexibility index (Phi) is 6.30. The van der Waals surface area contributed by atoms with E-state index in [1.54, 1.807) is 31.2 Å². The van der Waals surface area contributed by atoms with Gasteiger partial charge in [0.25, 0.3) is 0 Å². The summed E-state index contributed by atoms with van der Waals surface area (Å²) in [6, 6.07) is 10.8. The van der Waals surface area contributed by atoms with E-state index in [1.165, 1.54) is 25.3 Å². The fourth-order valence-electron chi connectivity index (χ4n) is 2.38. The summed E-state index contributed by atoms with van der Waals surface area (Å²) in [6.45, 7) is 1.81. The molecule has 3 rings (SSSR count). The van der Waals surface area contributed by atoms with Crippen molar-refractivity contribution >= 4 is 34.6 Å². The van der Waals surface area contributed by atoms with Crippen LogP contribution in [0.1, 0.15) is 20.4 Å². The van der Waals surface area contributed by atoms with Crippen LogP contribution < -0.4 is 14.2 Å². The number of halogens is 1. The Hall–Kier alpha value is -3.17. The second kappa shape index (κ2) is 8.89. The van der Waals surface area contributed by atoms with Gasteiger partial charge in [0.2, 0.25) is 5.75 Å². The molecule has 8 nitrogen and oxygen atoms in total. The lowest BCUT2D eigenvalue weighted by Gasteiger charge is -2.06. The number of hydrogen-bond donors (Lipinski definition) is 0. The van der Waals surface area contributed by atoms with E-state index in [1.807, 2.05) is 0 Å². The lowest BCUT2D eigenvalue weighted by atomic mass is 10.3. The van der Waals surface area contributed by atoms with Gasteiger partial charge in [-0.05, 0) is 43.3 Å². The maximum Gasteiger partial charge on any atom is 0.355 e. The Morgan fingerprint density at radius 3 is 2.55 bits per heavy atom. The molecule has 1 heterocycles. The van der Waals surface area contributed by atoms with E-state index in [0.29, 0.717) is 21.5 Å². The molecule has 10 heteroatoms. The Labute approximate surface area is 174 Å². The van der Waals surface area contributed by atoms with Crippen LogP contribution in [0.4, 0.5) is 5.69 Å². The smallest absolute Gasteiger partial charge is 0.355 e. The fraction of sp³-hybridized carbons (Fsp3) is 0.158. The van der Waals surface area contributed by atoms with Crippen molar-refractivity contribution in [1.29, 1.82) is 0 Å². The van der Waals surface area contributed by atoms with Crippen molar-refractivity contribution in [3.8, 4) is 17.2 Å². The molecule has 0 amide bonds. The molecule has 0 N–H and O–H groups in total. The van der Waals surface area contributed by atoms with Crippen molar-refractivity contribution in [3.05, 3.63) is 73.2 Å². The van der Waals surface area contributed by atoms with Crippen LogP contribution in [-0.2, 0) is 6.61 Å². The topological polar surface area (TPSA) is 101 Å². The SMILES string of the molecule is COc1ccc(OC(=O)c2sc(COc3ccc(Cl)cc3)nc2C)c([N+](=O)[O-])c1. The number of benzene rings is 2. The number of carbonyl (C=O) groups is 1. The molecule has 1 aromatic heterocycles. The maximum atomic E-state index is 12.5. The van der Waals surface area contributed by atoms with Crippen molar-refractivity contribution in [1.82, 2.24) is 4.98 Å². The Morgan fingerprint density at radius 1 is 1.21 bits per heavy atom. The summed E-state index contributed by atoms with van der Waals surface area (Å²) in [5.74, 6) is -0.00841. The van der Waals surface area contributed by atoms with Gasteiger partial charge < -0.3 is 14.2 Å². The van der Waals surface area contributed by atoms with E-state index in [2.05, 4.69) is 4.98 Å². The first kappa shape index (κ1) is 20.6. The van der Waals surface area contributed by atoms with Crippen LogP contribution in [0, 0.1) is 17.0 Å². The Bertz CT molecular complexity index is 1050. The number of nitro benzene ring substituents is 1. The summed E-state index contributed by atoms with van der Waals surface area (Å²) in [5, 5.41) is 12.4. The molecule has 0 spiro atoms. The van der Waals surface area contributed by atoms with E-state index < -0.39 is 10.9 Å². The largest absolute Gasteiger partial charge is 0.496 e.